The summed E-state index contributed by atoms with van der Waals surface area (Å²) in [6, 6.07) is 6.73. The minimum atomic E-state index is -3.08. The number of halogens is 1. The van der Waals surface area contributed by atoms with Crippen molar-refractivity contribution in [3.05, 3.63) is 34.9 Å². The highest BCUT2D eigenvalue weighted by atomic mass is 35.5. The van der Waals surface area contributed by atoms with Gasteiger partial charge in [-0.25, -0.2) is 13.2 Å². The van der Waals surface area contributed by atoms with Gasteiger partial charge in [-0.15, -0.1) is 0 Å². The van der Waals surface area contributed by atoms with Crippen LogP contribution in [0.4, 0.5) is 4.79 Å². The van der Waals surface area contributed by atoms with Crippen LogP contribution in [-0.2, 0) is 9.84 Å². The zero-order valence-electron chi connectivity index (χ0n) is 12.4. The Morgan fingerprint density at radius 2 is 1.81 bits per heavy atom. The second kappa shape index (κ2) is 7.66. The summed E-state index contributed by atoms with van der Waals surface area (Å²) in [7, 11) is -3.08. The molecule has 0 fully saturated rings. The molecule has 0 saturated carbocycles. The van der Waals surface area contributed by atoms with Gasteiger partial charge < -0.3 is 10.6 Å². The standard InChI is InChI=1S/C14H21ClN2O3S/c1-10(2)13(11-4-6-12(15)7-5-11)17-14(18)16-8-9-21(3,19)20/h4-7,10,13H,8-9H2,1-3H3,(H2,16,17,18). The molecule has 1 aromatic carbocycles. The summed E-state index contributed by atoms with van der Waals surface area (Å²) in [6.07, 6.45) is 1.14. The molecule has 1 rings (SSSR count). The molecule has 7 heteroatoms. The molecule has 1 unspecified atom stereocenters. The topological polar surface area (TPSA) is 75.3 Å². The lowest BCUT2D eigenvalue weighted by molar-refractivity contribution is 0.233. The Balaban J connectivity index is 2.62. The molecule has 0 bridgehead atoms. The van der Waals surface area contributed by atoms with Crippen LogP contribution in [0.2, 0.25) is 5.02 Å². The molecule has 0 heterocycles. The molecule has 118 valence electrons. The molecule has 1 aromatic rings. The van der Waals surface area contributed by atoms with Crippen molar-refractivity contribution in [3.63, 3.8) is 0 Å². The number of nitrogens with one attached hydrogen (secondary N) is 2. The van der Waals surface area contributed by atoms with E-state index < -0.39 is 9.84 Å². The summed E-state index contributed by atoms with van der Waals surface area (Å²) in [5, 5.41) is 6.04. The van der Waals surface area contributed by atoms with Crippen LogP contribution < -0.4 is 10.6 Å². The van der Waals surface area contributed by atoms with Crippen LogP contribution in [0.5, 0.6) is 0 Å². The maximum absolute atomic E-state index is 11.8. The van der Waals surface area contributed by atoms with Gasteiger partial charge in [0.25, 0.3) is 0 Å². The molecule has 1 atom stereocenters. The molecule has 0 aliphatic carbocycles. The van der Waals surface area contributed by atoms with Gasteiger partial charge in [-0.3, -0.25) is 0 Å². The lowest BCUT2D eigenvalue weighted by atomic mass is 9.96. The molecule has 5 nitrogen and oxygen atoms in total. The maximum atomic E-state index is 11.8. The number of amides is 2. The fourth-order valence-electron chi connectivity index (χ4n) is 1.85. The SMILES string of the molecule is CC(C)C(NC(=O)NCCS(C)(=O)=O)c1ccc(Cl)cc1. The van der Waals surface area contributed by atoms with Crippen molar-refractivity contribution >= 4 is 27.5 Å². The fourth-order valence-corrected chi connectivity index (χ4v) is 2.45. The summed E-state index contributed by atoms with van der Waals surface area (Å²) in [5.74, 6) is 0.111. The smallest absolute Gasteiger partial charge is 0.315 e. The number of carbonyl (C=O) groups is 1. The van der Waals surface area contributed by atoms with Crippen molar-refractivity contribution in [2.45, 2.75) is 19.9 Å². The van der Waals surface area contributed by atoms with Crippen molar-refractivity contribution in [2.24, 2.45) is 5.92 Å². The first-order chi connectivity index (χ1) is 9.69. The number of carbonyl (C=O) groups excluding carboxylic acids is 1. The van der Waals surface area contributed by atoms with E-state index in [0.29, 0.717) is 5.02 Å². The Bertz CT molecular complexity index is 570. The van der Waals surface area contributed by atoms with Crippen molar-refractivity contribution < 1.29 is 13.2 Å². The van der Waals surface area contributed by atoms with Gasteiger partial charge in [0.05, 0.1) is 11.8 Å². The third kappa shape index (κ3) is 6.82. The second-order valence-corrected chi connectivity index (χ2v) is 8.00. The van der Waals surface area contributed by atoms with Gasteiger partial charge >= 0.3 is 6.03 Å². The average molecular weight is 333 g/mol. The fraction of sp³-hybridized carbons (Fsp3) is 0.500. The molecule has 0 aliphatic heterocycles. The predicted octanol–water partition coefficient (Wildman–Crippen LogP) is 2.38. The van der Waals surface area contributed by atoms with Crippen molar-refractivity contribution in [3.8, 4) is 0 Å². The Labute approximate surface area is 131 Å². The number of hydrogen-bond acceptors (Lipinski definition) is 3. The van der Waals surface area contributed by atoms with Gasteiger partial charge in [0.15, 0.2) is 0 Å². The van der Waals surface area contributed by atoms with E-state index in [0.717, 1.165) is 11.8 Å². The molecule has 2 N–H and O–H groups in total. The van der Waals surface area contributed by atoms with Crippen LogP contribution in [0.15, 0.2) is 24.3 Å². The molecule has 0 aromatic heterocycles. The van der Waals surface area contributed by atoms with Crippen LogP contribution in [0.3, 0.4) is 0 Å². The molecule has 0 aliphatic rings. The number of hydrogen-bond donors (Lipinski definition) is 2. The third-order valence-electron chi connectivity index (χ3n) is 2.94. The number of urea groups is 1. The zero-order valence-corrected chi connectivity index (χ0v) is 14.0. The highest BCUT2D eigenvalue weighted by molar-refractivity contribution is 7.90. The Kier molecular flexibility index (Phi) is 6.48. The summed E-state index contributed by atoms with van der Waals surface area (Å²) in [4.78, 5) is 11.8. The molecular formula is C14H21ClN2O3S. The van der Waals surface area contributed by atoms with Crippen molar-refractivity contribution in [2.75, 3.05) is 18.6 Å². The van der Waals surface area contributed by atoms with E-state index in [1.54, 1.807) is 12.1 Å². The van der Waals surface area contributed by atoms with Gasteiger partial charge in [-0.05, 0) is 23.6 Å². The molecule has 0 spiro atoms. The summed E-state index contributed by atoms with van der Waals surface area (Å²) in [5.41, 5.74) is 0.952. The van der Waals surface area contributed by atoms with Gasteiger partial charge in [0.1, 0.15) is 9.84 Å². The number of rotatable bonds is 6. The third-order valence-corrected chi connectivity index (χ3v) is 4.14. The molecular weight excluding hydrogens is 312 g/mol. The van der Waals surface area contributed by atoms with E-state index in [1.807, 2.05) is 26.0 Å². The first-order valence-corrected chi connectivity index (χ1v) is 9.10. The minimum Gasteiger partial charge on any atom is -0.337 e. The van der Waals surface area contributed by atoms with Crippen LogP contribution in [0.25, 0.3) is 0 Å². The Hall–Kier alpha value is -1.27. The highest BCUT2D eigenvalue weighted by Crippen LogP contribution is 2.23. The molecule has 0 radical (unpaired) electrons. The van der Waals surface area contributed by atoms with Crippen LogP contribution in [0, 0.1) is 5.92 Å². The van der Waals surface area contributed by atoms with E-state index in [9.17, 15) is 13.2 Å². The molecule has 0 saturated heterocycles. The van der Waals surface area contributed by atoms with E-state index in [4.69, 9.17) is 11.6 Å². The van der Waals surface area contributed by atoms with E-state index in [-0.39, 0.29) is 30.3 Å². The van der Waals surface area contributed by atoms with Gasteiger partial charge in [-0.1, -0.05) is 37.6 Å². The first-order valence-electron chi connectivity index (χ1n) is 6.66. The minimum absolute atomic E-state index is 0.0757. The highest BCUT2D eigenvalue weighted by Gasteiger charge is 2.18. The van der Waals surface area contributed by atoms with Crippen LogP contribution in [-0.4, -0.2) is 33.0 Å². The lowest BCUT2D eigenvalue weighted by Gasteiger charge is -2.23. The quantitative estimate of drug-likeness (QED) is 0.839. The van der Waals surface area contributed by atoms with E-state index >= 15 is 0 Å². The van der Waals surface area contributed by atoms with Gasteiger partial charge in [0.2, 0.25) is 0 Å². The summed E-state index contributed by atoms with van der Waals surface area (Å²) < 4.78 is 22.0. The Morgan fingerprint density at radius 1 is 1.24 bits per heavy atom. The molecule has 21 heavy (non-hydrogen) atoms. The summed E-state index contributed by atoms with van der Waals surface area (Å²) >= 11 is 5.86. The normalized spacial score (nSPS) is 13.0. The van der Waals surface area contributed by atoms with Gasteiger partial charge in [-0.2, -0.15) is 0 Å². The predicted molar refractivity (Wildman–Crippen MR) is 85.3 cm³/mol. The van der Waals surface area contributed by atoms with E-state index in [2.05, 4.69) is 10.6 Å². The van der Waals surface area contributed by atoms with E-state index in [1.165, 1.54) is 0 Å². The first kappa shape index (κ1) is 17.8. The van der Waals surface area contributed by atoms with Crippen molar-refractivity contribution in [1.29, 1.82) is 0 Å². The molecule has 2 amide bonds. The number of benzene rings is 1. The van der Waals surface area contributed by atoms with Crippen LogP contribution in [0.1, 0.15) is 25.5 Å². The second-order valence-electron chi connectivity index (χ2n) is 5.30. The monoisotopic (exact) mass is 332 g/mol. The average Bonchev–Trinajstić information content (AvgIpc) is 2.35. The lowest BCUT2D eigenvalue weighted by Crippen LogP contribution is -2.41. The van der Waals surface area contributed by atoms with Crippen molar-refractivity contribution in [1.82, 2.24) is 10.6 Å². The van der Waals surface area contributed by atoms with Crippen LogP contribution >= 0.6 is 11.6 Å². The zero-order chi connectivity index (χ0) is 16.0. The maximum Gasteiger partial charge on any atom is 0.315 e. The number of sulfone groups is 1. The summed E-state index contributed by atoms with van der Waals surface area (Å²) in [6.45, 7) is 4.09. The Morgan fingerprint density at radius 3 is 2.29 bits per heavy atom. The largest absolute Gasteiger partial charge is 0.337 e. The van der Waals surface area contributed by atoms with Gasteiger partial charge in [0, 0.05) is 17.8 Å².